The molecule has 5 heteroatoms. The summed E-state index contributed by atoms with van der Waals surface area (Å²) in [5.41, 5.74) is 5.25. The SMILES string of the molecule is COc1c(C)ccc(S(=O)(=O)N2c3ccccc3-c3ccccc3C2C)c1C. The highest BCUT2D eigenvalue weighted by Gasteiger charge is 2.37. The largest absolute Gasteiger partial charge is 0.496 e. The molecule has 1 heterocycles. The predicted molar refractivity (Wildman–Crippen MR) is 112 cm³/mol. The number of anilines is 1. The topological polar surface area (TPSA) is 46.6 Å². The zero-order chi connectivity index (χ0) is 20.1. The minimum atomic E-state index is -3.79. The Bertz CT molecular complexity index is 1170. The molecule has 1 unspecified atom stereocenters. The van der Waals surface area contributed by atoms with E-state index >= 15 is 0 Å². The van der Waals surface area contributed by atoms with Gasteiger partial charge in [0.2, 0.25) is 0 Å². The lowest BCUT2D eigenvalue weighted by atomic mass is 9.90. The van der Waals surface area contributed by atoms with Gasteiger partial charge in [0.15, 0.2) is 0 Å². The Labute approximate surface area is 166 Å². The summed E-state index contributed by atoms with van der Waals surface area (Å²) in [7, 11) is -2.22. The van der Waals surface area contributed by atoms with E-state index in [9.17, 15) is 8.42 Å². The molecule has 0 saturated heterocycles. The number of hydrogen-bond donors (Lipinski definition) is 0. The van der Waals surface area contributed by atoms with Gasteiger partial charge in [-0.1, -0.05) is 48.5 Å². The number of methoxy groups -OCH3 is 1. The van der Waals surface area contributed by atoms with Gasteiger partial charge < -0.3 is 4.74 Å². The van der Waals surface area contributed by atoms with Crippen molar-refractivity contribution in [1.82, 2.24) is 0 Å². The number of hydrogen-bond acceptors (Lipinski definition) is 3. The number of ether oxygens (including phenoxy) is 1. The van der Waals surface area contributed by atoms with Crippen LogP contribution in [0.4, 0.5) is 5.69 Å². The van der Waals surface area contributed by atoms with Gasteiger partial charge in [-0.3, -0.25) is 4.31 Å². The molecule has 0 aromatic heterocycles. The van der Waals surface area contributed by atoms with Gasteiger partial charge in [0, 0.05) is 11.1 Å². The van der Waals surface area contributed by atoms with E-state index in [1.54, 1.807) is 30.5 Å². The summed E-state index contributed by atoms with van der Waals surface area (Å²) in [5, 5.41) is 0. The van der Waals surface area contributed by atoms with Gasteiger partial charge in [0.1, 0.15) is 5.75 Å². The molecule has 0 radical (unpaired) electrons. The summed E-state index contributed by atoms with van der Waals surface area (Å²) in [4.78, 5) is 0.274. The van der Waals surface area contributed by atoms with E-state index in [0.717, 1.165) is 22.3 Å². The standard InChI is InChI=1S/C23H23NO3S/c1-15-13-14-22(16(2)23(15)27-4)28(25,26)24-17(3)18-9-5-6-10-19(18)20-11-7-8-12-21(20)24/h5-14,17H,1-4H3. The monoisotopic (exact) mass is 393 g/mol. The van der Waals surface area contributed by atoms with Crippen molar-refractivity contribution in [2.45, 2.75) is 31.7 Å². The number of sulfonamides is 1. The second-order valence-electron chi connectivity index (χ2n) is 7.12. The molecule has 0 fully saturated rings. The molecule has 0 amide bonds. The van der Waals surface area contributed by atoms with E-state index in [-0.39, 0.29) is 10.9 Å². The predicted octanol–water partition coefficient (Wildman–Crippen LogP) is 5.25. The van der Waals surface area contributed by atoms with Crippen LogP contribution >= 0.6 is 0 Å². The quantitative estimate of drug-likeness (QED) is 0.611. The number of benzene rings is 3. The summed E-state index contributed by atoms with van der Waals surface area (Å²) in [6.07, 6.45) is 0. The van der Waals surface area contributed by atoms with E-state index in [0.29, 0.717) is 17.0 Å². The van der Waals surface area contributed by atoms with E-state index in [1.807, 2.05) is 56.3 Å². The van der Waals surface area contributed by atoms with Crippen LogP contribution in [0.1, 0.15) is 29.7 Å². The van der Waals surface area contributed by atoms with Crippen LogP contribution in [-0.2, 0) is 10.0 Å². The summed E-state index contributed by atoms with van der Waals surface area (Å²) < 4.78 is 34.7. The molecule has 1 aliphatic heterocycles. The van der Waals surface area contributed by atoms with Gasteiger partial charge in [-0.2, -0.15) is 0 Å². The maximum atomic E-state index is 13.8. The van der Waals surface area contributed by atoms with Crippen LogP contribution in [0.5, 0.6) is 5.75 Å². The van der Waals surface area contributed by atoms with Crippen LogP contribution in [-0.4, -0.2) is 15.5 Å². The van der Waals surface area contributed by atoms with E-state index < -0.39 is 10.0 Å². The van der Waals surface area contributed by atoms with Crippen molar-refractivity contribution < 1.29 is 13.2 Å². The van der Waals surface area contributed by atoms with Crippen molar-refractivity contribution in [1.29, 1.82) is 0 Å². The average molecular weight is 394 g/mol. The molecule has 0 spiro atoms. The van der Waals surface area contributed by atoms with Crippen LogP contribution < -0.4 is 9.04 Å². The van der Waals surface area contributed by atoms with Crippen molar-refractivity contribution in [3.8, 4) is 16.9 Å². The first-order valence-electron chi connectivity index (χ1n) is 9.25. The van der Waals surface area contributed by atoms with Gasteiger partial charge >= 0.3 is 0 Å². The second kappa shape index (κ2) is 6.67. The lowest BCUT2D eigenvalue weighted by molar-refractivity contribution is 0.406. The average Bonchev–Trinajstić information content (AvgIpc) is 2.68. The highest BCUT2D eigenvalue weighted by molar-refractivity contribution is 7.93. The molecule has 4 nitrogen and oxygen atoms in total. The van der Waals surface area contributed by atoms with Crippen LogP contribution in [0, 0.1) is 13.8 Å². The van der Waals surface area contributed by atoms with Crippen molar-refractivity contribution in [2.24, 2.45) is 0 Å². The molecular weight excluding hydrogens is 370 g/mol. The van der Waals surface area contributed by atoms with Gasteiger partial charge in [-0.25, -0.2) is 8.42 Å². The zero-order valence-corrected chi connectivity index (χ0v) is 17.2. The first kappa shape index (κ1) is 18.6. The van der Waals surface area contributed by atoms with Gasteiger partial charge in [0.05, 0.1) is 23.7 Å². The maximum Gasteiger partial charge on any atom is 0.265 e. The Morgan fingerprint density at radius 1 is 0.893 bits per heavy atom. The maximum absolute atomic E-state index is 13.8. The summed E-state index contributed by atoms with van der Waals surface area (Å²) >= 11 is 0. The lowest BCUT2D eigenvalue weighted by Crippen LogP contribution is -2.36. The van der Waals surface area contributed by atoms with Gasteiger partial charge in [-0.05, 0) is 49.6 Å². The normalized spacial score (nSPS) is 15.7. The molecule has 144 valence electrons. The first-order chi connectivity index (χ1) is 13.4. The third kappa shape index (κ3) is 2.61. The third-order valence-electron chi connectivity index (χ3n) is 5.49. The van der Waals surface area contributed by atoms with Crippen molar-refractivity contribution in [3.05, 3.63) is 77.4 Å². The Hall–Kier alpha value is -2.79. The van der Waals surface area contributed by atoms with Crippen LogP contribution in [0.15, 0.2) is 65.6 Å². The third-order valence-corrected chi connectivity index (χ3v) is 7.52. The first-order valence-corrected chi connectivity index (χ1v) is 10.7. The Kier molecular flexibility index (Phi) is 4.42. The smallest absolute Gasteiger partial charge is 0.265 e. The summed E-state index contributed by atoms with van der Waals surface area (Å²) in [6, 6.07) is 18.8. The molecule has 0 aliphatic carbocycles. The minimum absolute atomic E-state index is 0.274. The molecule has 0 saturated carbocycles. The molecule has 3 aromatic rings. The second-order valence-corrected chi connectivity index (χ2v) is 8.90. The lowest BCUT2D eigenvalue weighted by Gasteiger charge is -2.37. The zero-order valence-electron chi connectivity index (χ0n) is 16.4. The summed E-state index contributed by atoms with van der Waals surface area (Å²) in [5.74, 6) is 0.611. The molecule has 28 heavy (non-hydrogen) atoms. The van der Waals surface area contributed by atoms with Crippen LogP contribution in [0.3, 0.4) is 0 Å². The fourth-order valence-electron chi connectivity index (χ4n) is 4.18. The molecule has 0 bridgehead atoms. The van der Waals surface area contributed by atoms with E-state index in [1.165, 1.54) is 0 Å². The molecule has 4 rings (SSSR count). The van der Waals surface area contributed by atoms with Gasteiger partial charge in [-0.15, -0.1) is 0 Å². The number of para-hydroxylation sites is 1. The molecule has 1 atom stereocenters. The fourth-order valence-corrected chi connectivity index (χ4v) is 6.06. The highest BCUT2D eigenvalue weighted by atomic mass is 32.2. The number of fused-ring (bicyclic) bond motifs is 3. The summed E-state index contributed by atoms with van der Waals surface area (Å²) in [6.45, 7) is 5.65. The molecular formula is C23H23NO3S. The van der Waals surface area contributed by atoms with E-state index in [2.05, 4.69) is 6.07 Å². The Balaban J connectivity index is 1.97. The highest BCUT2D eigenvalue weighted by Crippen LogP contribution is 2.47. The number of rotatable bonds is 3. The Morgan fingerprint density at radius 3 is 2.25 bits per heavy atom. The van der Waals surface area contributed by atoms with Crippen LogP contribution in [0.2, 0.25) is 0 Å². The van der Waals surface area contributed by atoms with Gasteiger partial charge in [0.25, 0.3) is 10.0 Å². The minimum Gasteiger partial charge on any atom is -0.496 e. The van der Waals surface area contributed by atoms with Crippen molar-refractivity contribution >= 4 is 15.7 Å². The van der Waals surface area contributed by atoms with Crippen molar-refractivity contribution in [3.63, 3.8) is 0 Å². The Morgan fingerprint density at radius 2 is 1.54 bits per heavy atom. The fraction of sp³-hybridized carbons (Fsp3) is 0.217. The number of aryl methyl sites for hydroxylation is 1. The van der Waals surface area contributed by atoms with Crippen molar-refractivity contribution in [2.75, 3.05) is 11.4 Å². The van der Waals surface area contributed by atoms with Crippen LogP contribution in [0.25, 0.3) is 11.1 Å². The van der Waals surface area contributed by atoms with E-state index in [4.69, 9.17) is 4.74 Å². The number of nitrogens with zero attached hydrogens (tertiary/aromatic N) is 1. The molecule has 3 aromatic carbocycles. The molecule has 0 N–H and O–H groups in total. The molecule has 1 aliphatic rings.